The number of para-hydroxylation sites is 1. The minimum atomic E-state index is 0.0178. The van der Waals surface area contributed by atoms with Gasteiger partial charge in [0.1, 0.15) is 6.54 Å². The Morgan fingerprint density at radius 2 is 1.81 bits per heavy atom. The molecule has 2 N–H and O–H groups in total. The highest BCUT2D eigenvalue weighted by Crippen LogP contribution is 2.28. The van der Waals surface area contributed by atoms with E-state index >= 15 is 0 Å². The maximum absolute atomic E-state index is 12.6. The molecular formula is C22H31N2O3+. The second kappa shape index (κ2) is 9.42. The standard InChI is InChI=1S/C22H30N2O3/c1-15(2)18-9-7-8-16(3)22(18)23-21(25)14-24(4)13-17-10-11-19(26-5)20(12-17)27-6/h7-12,15H,13-14H2,1-6H3,(H,23,25)/p+1. The van der Waals surface area contributed by atoms with Gasteiger partial charge in [-0.15, -0.1) is 0 Å². The number of benzene rings is 2. The Labute approximate surface area is 162 Å². The number of ether oxygens (including phenoxy) is 2. The van der Waals surface area contributed by atoms with Crippen molar-refractivity contribution < 1.29 is 19.2 Å². The first-order chi connectivity index (χ1) is 12.8. The average molecular weight is 372 g/mol. The maximum atomic E-state index is 12.6. The Morgan fingerprint density at radius 3 is 2.44 bits per heavy atom. The Hall–Kier alpha value is -2.53. The number of hydrogen-bond acceptors (Lipinski definition) is 3. The van der Waals surface area contributed by atoms with Crippen molar-refractivity contribution in [2.24, 2.45) is 0 Å². The number of hydrogen-bond donors (Lipinski definition) is 2. The van der Waals surface area contributed by atoms with Gasteiger partial charge < -0.3 is 19.7 Å². The fourth-order valence-corrected chi connectivity index (χ4v) is 3.20. The molecule has 0 aliphatic heterocycles. The number of carbonyl (C=O) groups excluding carboxylic acids is 1. The largest absolute Gasteiger partial charge is 0.493 e. The molecular weight excluding hydrogens is 340 g/mol. The van der Waals surface area contributed by atoms with Crippen LogP contribution in [0.15, 0.2) is 36.4 Å². The first kappa shape index (κ1) is 20.8. The smallest absolute Gasteiger partial charge is 0.279 e. The van der Waals surface area contributed by atoms with Crippen LogP contribution in [0.3, 0.4) is 0 Å². The molecule has 1 atom stereocenters. The van der Waals surface area contributed by atoms with Gasteiger partial charge in [-0.25, -0.2) is 0 Å². The minimum Gasteiger partial charge on any atom is -0.493 e. The first-order valence-corrected chi connectivity index (χ1v) is 9.27. The zero-order valence-electron chi connectivity index (χ0n) is 17.2. The molecule has 0 bridgehead atoms. The third-order valence-electron chi connectivity index (χ3n) is 4.61. The van der Waals surface area contributed by atoms with Crippen LogP contribution in [0.2, 0.25) is 0 Å². The summed E-state index contributed by atoms with van der Waals surface area (Å²) in [5, 5.41) is 3.11. The van der Waals surface area contributed by atoms with E-state index in [2.05, 4.69) is 25.2 Å². The van der Waals surface area contributed by atoms with Crippen LogP contribution < -0.4 is 19.7 Å². The molecule has 0 heterocycles. The molecule has 0 radical (unpaired) electrons. The number of amides is 1. The average Bonchev–Trinajstić information content (AvgIpc) is 2.62. The SMILES string of the molecule is COc1ccc(C[NH+](C)CC(=O)Nc2c(C)cccc2C(C)C)cc1OC. The Kier molecular flexibility index (Phi) is 7.25. The van der Waals surface area contributed by atoms with Gasteiger partial charge >= 0.3 is 0 Å². The van der Waals surface area contributed by atoms with Crippen LogP contribution in [0.25, 0.3) is 0 Å². The van der Waals surface area contributed by atoms with E-state index in [0.29, 0.717) is 24.0 Å². The lowest BCUT2D eigenvalue weighted by Gasteiger charge is -2.18. The second-order valence-electron chi connectivity index (χ2n) is 7.24. The lowest BCUT2D eigenvalue weighted by molar-refractivity contribution is -0.885. The van der Waals surface area contributed by atoms with Crippen LogP contribution in [0.4, 0.5) is 5.69 Å². The van der Waals surface area contributed by atoms with Crippen LogP contribution in [-0.2, 0) is 11.3 Å². The highest BCUT2D eigenvalue weighted by molar-refractivity contribution is 5.93. The lowest BCUT2D eigenvalue weighted by Crippen LogP contribution is -3.08. The molecule has 0 aromatic heterocycles. The summed E-state index contributed by atoms with van der Waals surface area (Å²) in [4.78, 5) is 13.7. The molecule has 0 saturated heterocycles. The normalized spacial score (nSPS) is 12.0. The quantitative estimate of drug-likeness (QED) is 0.750. The summed E-state index contributed by atoms with van der Waals surface area (Å²) in [6.07, 6.45) is 0. The molecule has 2 aromatic rings. The molecule has 2 rings (SSSR count). The summed E-state index contributed by atoms with van der Waals surface area (Å²) >= 11 is 0. The molecule has 2 aromatic carbocycles. The monoisotopic (exact) mass is 371 g/mol. The van der Waals surface area contributed by atoms with Crippen molar-refractivity contribution in [1.82, 2.24) is 0 Å². The molecule has 1 amide bonds. The highest BCUT2D eigenvalue weighted by Gasteiger charge is 2.16. The maximum Gasteiger partial charge on any atom is 0.279 e. The van der Waals surface area contributed by atoms with Gasteiger partial charge in [0, 0.05) is 11.3 Å². The first-order valence-electron chi connectivity index (χ1n) is 9.27. The molecule has 1 unspecified atom stereocenters. The van der Waals surface area contributed by atoms with E-state index in [1.165, 1.54) is 5.56 Å². The van der Waals surface area contributed by atoms with Crippen LogP contribution in [-0.4, -0.2) is 33.7 Å². The van der Waals surface area contributed by atoms with Crippen LogP contribution in [0.1, 0.15) is 36.5 Å². The molecule has 146 valence electrons. The zero-order valence-corrected chi connectivity index (χ0v) is 17.2. The van der Waals surface area contributed by atoms with E-state index in [-0.39, 0.29) is 5.91 Å². The van der Waals surface area contributed by atoms with Gasteiger partial charge in [-0.3, -0.25) is 4.79 Å². The third kappa shape index (κ3) is 5.47. The van der Waals surface area contributed by atoms with Crippen molar-refractivity contribution in [3.8, 4) is 11.5 Å². The number of rotatable bonds is 8. The molecule has 5 heteroatoms. The molecule has 0 aliphatic carbocycles. The van der Waals surface area contributed by atoms with Gasteiger partial charge in [0.2, 0.25) is 0 Å². The van der Waals surface area contributed by atoms with Crippen molar-refractivity contribution >= 4 is 11.6 Å². The summed E-state index contributed by atoms with van der Waals surface area (Å²) in [6, 6.07) is 12.0. The van der Waals surface area contributed by atoms with E-state index in [1.807, 2.05) is 44.3 Å². The Bertz CT molecular complexity index is 787. The van der Waals surface area contributed by atoms with E-state index in [1.54, 1.807) is 14.2 Å². The number of methoxy groups -OCH3 is 2. The summed E-state index contributed by atoms with van der Waals surface area (Å²) < 4.78 is 10.6. The summed E-state index contributed by atoms with van der Waals surface area (Å²) in [5.41, 5.74) is 4.29. The van der Waals surface area contributed by atoms with Crippen molar-refractivity contribution in [3.63, 3.8) is 0 Å². The Morgan fingerprint density at radius 1 is 1.11 bits per heavy atom. The predicted octanol–water partition coefficient (Wildman–Crippen LogP) is 2.79. The third-order valence-corrected chi connectivity index (χ3v) is 4.61. The lowest BCUT2D eigenvalue weighted by atomic mass is 9.98. The van der Waals surface area contributed by atoms with E-state index in [4.69, 9.17) is 9.47 Å². The van der Waals surface area contributed by atoms with Gasteiger partial charge in [-0.1, -0.05) is 32.0 Å². The van der Waals surface area contributed by atoms with Gasteiger partial charge in [0.05, 0.1) is 21.3 Å². The summed E-state index contributed by atoms with van der Waals surface area (Å²) in [6.45, 7) is 7.41. The Balaban J connectivity index is 2.03. The summed E-state index contributed by atoms with van der Waals surface area (Å²) in [5.74, 6) is 1.78. The topological polar surface area (TPSA) is 52.0 Å². The molecule has 27 heavy (non-hydrogen) atoms. The van der Waals surface area contributed by atoms with E-state index in [9.17, 15) is 4.79 Å². The fourth-order valence-electron chi connectivity index (χ4n) is 3.20. The number of likely N-dealkylation sites (N-methyl/N-ethyl adjacent to an activating group) is 1. The summed E-state index contributed by atoms with van der Waals surface area (Å²) in [7, 11) is 5.26. The number of anilines is 1. The van der Waals surface area contributed by atoms with E-state index < -0.39 is 0 Å². The van der Waals surface area contributed by atoms with Crippen molar-refractivity contribution in [2.45, 2.75) is 33.2 Å². The van der Waals surface area contributed by atoms with Gasteiger partial charge in [-0.05, 0) is 42.2 Å². The van der Waals surface area contributed by atoms with Crippen LogP contribution in [0, 0.1) is 6.92 Å². The molecule has 0 fully saturated rings. The number of quaternary nitrogens is 1. The highest BCUT2D eigenvalue weighted by atomic mass is 16.5. The number of aryl methyl sites for hydroxylation is 1. The molecule has 0 aliphatic rings. The van der Waals surface area contributed by atoms with Crippen molar-refractivity contribution in [3.05, 3.63) is 53.1 Å². The van der Waals surface area contributed by atoms with Crippen LogP contribution >= 0.6 is 0 Å². The van der Waals surface area contributed by atoms with Gasteiger partial charge in [0.25, 0.3) is 5.91 Å². The zero-order chi connectivity index (χ0) is 20.0. The molecule has 5 nitrogen and oxygen atoms in total. The molecule has 0 saturated carbocycles. The molecule has 0 spiro atoms. The minimum absolute atomic E-state index is 0.0178. The van der Waals surface area contributed by atoms with Gasteiger partial charge in [-0.2, -0.15) is 0 Å². The number of carbonyl (C=O) groups is 1. The van der Waals surface area contributed by atoms with Gasteiger partial charge in [0.15, 0.2) is 18.0 Å². The second-order valence-corrected chi connectivity index (χ2v) is 7.24. The van der Waals surface area contributed by atoms with Crippen LogP contribution in [0.5, 0.6) is 11.5 Å². The van der Waals surface area contributed by atoms with Crippen molar-refractivity contribution in [1.29, 1.82) is 0 Å². The fraction of sp³-hybridized carbons (Fsp3) is 0.409. The number of nitrogens with one attached hydrogen (secondary N) is 2. The van der Waals surface area contributed by atoms with E-state index in [0.717, 1.165) is 28.3 Å². The predicted molar refractivity (Wildman–Crippen MR) is 109 cm³/mol. The van der Waals surface area contributed by atoms with Crippen molar-refractivity contribution in [2.75, 3.05) is 33.1 Å².